The molecule has 152 valence electrons. The SMILES string of the molecule is COc1cccc(-c2noc(CN3C(=O)N[C@]4(CCCc5ccccc54)C3=O)n2)c1. The molecule has 2 aromatic carbocycles. The van der Waals surface area contributed by atoms with E-state index in [1.165, 1.54) is 0 Å². The zero-order chi connectivity index (χ0) is 20.7. The monoisotopic (exact) mass is 404 g/mol. The van der Waals surface area contributed by atoms with Gasteiger partial charge in [-0.3, -0.25) is 9.69 Å². The molecule has 5 rings (SSSR count). The largest absolute Gasteiger partial charge is 0.497 e. The predicted octanol–water partition coefficient (Wildman–Crippen LogP) is 3.03. The average Bonchev–Trinajstić information content (AvgIpc) is 3.34. The van der Waals surface area contributed by atoms with Gasteiger partial charge in [-0.15, -0.1) is 0 Å². The van der Waals surface area contributed by atoms with Gasteiger partial charge in [-0.25, -0.2) is 4.79 Å². The standard InChI is InChI=1S/C22H20N4O4/c1-29-16-9-4-7-15(12-16)19-23-18(30-25-19)13-26-20(27)22(24-21(26)28)11-5-8-14-6-2-3-10-17(14)22/h2-4,6-7,9-10,12H,5,8,11,13H2,1H3,(H,24,28)/t22-/m0/s1. The van der Waals surface area contributed by atoms with Crippen LogP contribution in [-0.2, 0) is 23.3 Å². The molecule has 0 radical (unpaired) electrons. The van der Waals surface area contributed by atoms with Crippen LogP contribution in [0.25, 0.3) is 11.4 Å². The molecule has 30 heavy (non-hydrogen) atoms. The molecule has 1 N–H and O–H groups in total. The van der Waals surface area contributed by atoms with Crippen molar-refractivity contribution < 1.29 is 18.8 Å². The number of carbonyl (C=O) groups excluding carboxylic acids is 2. The Labute approximate surface area is 172 Å². The summed E-state index contributed by atoms with van der Waals surface area (Å²) >= 11 is 0. The fourth-order valence-corrected chi connectivity index (χ4v) is 4.29. The molecule has 1 aliphatic carbocycles. The molecule has 0 saturated carbocycles. The number of benzene rings is 2. The van der Waals surface area contributed by atoms with E-state index in [0.29, 0.717) is 18.0 Å². The molecule has 1 atom stereocenters. The number of urea groups is 1. The van der Waals surface area contributed by atoms with Crippen LogP contribution in [0.4, 0.5) is 4.79 Å². The second-order valence-electron chi connectivity index (χ2n) is 7.48. The first-order valence-corrected chi connectivity index (χ1v) is 9.80. The van der Waals surface area contributed by atoms with E-state index in [2.05, 4.69) is 15.5 Å². The minimum absolute atomic E-state index is 0.0778. The zero-order valence-corrected chi connectivity index (χ0v) is 16.4. The number of nitrogens with one attached hydrogen (secondary N) is 1. The smallest absolute Gasteiger partial charge is 0.325 e. The number of hydrogen-bond donors (Lipinski definition) is 1. The van der Waals surface area contributed by atoms with Crippen LogP contribution in [0.1, 0.15) is 29.9 Å². The Bertz CT molecular complexity index is 1140. The summed E-state index contributed by atoms with van der Waals surface area (Å²) in [7, 11) is 1.58. The minimum Gasteiger partial charge on any atom is -0.497 e. The quantitative estimate of drug-likeness (QED) is 0.672. The summed E-state index contributed by atoms with van der Waals surface area (Å²) in [5, 5.41) is 6.91. The molecular formula is C22H20N4O4. The molecular weight excluding hydrogens is 384 g/mol. The summed E-state index contributed by atoms with van der Waals surface area (Å²) in [6.07, 6.45) is 2.30. The highest BCUT2D eigenvalue weighted by Gasteiger charge is 2.54. The van der Waals surface area contributed by atoms with Crippen molar-refractivity contribution >= 4 is 11.9 Å². The number of rotatable bonds is 4. The van der Waals surface area contributed by atoms with Crippen LogP contribution < -0.4 is 10.1 Å². The number of ether oxygens (including phenoxy) is 1. The Balaban J connectivity index is 1.41. The Morgan fingerprint density at radius 3 is 2.93 bits per heavy atom. The van der Waals surface area contributed by atoms with Crippen LogP contribution in [0.5, 0.6) is 5.75 Å². The van der Waals surface area contributed by atoms with Crippen LogP contribution in [0.15, 0.2) is 53.1 Å². The minimum atomic E-state index is -1.01. The summed E-state index contributed by atoms with van der Waals surface area (Å²) < 4.78 is 10.5. The van der Waals surface area contributed by atoms with Gasteiger partial charge in [0.25, 0.3) is 5.91 Å². The van der Waals surface area contributed by atoms with Crippen molar-refractivity contribution in [2.45, 2.75) is 31.3 Å². The third-order valence-electron chi connectivity index (χ3n) is 5.74. The van der Waals surface area contributed by atoms with Gasteiger partial charge in [-0.05, 0) is 42.5 Å². The van der Waals surface area contributed by atoms with E-state index >= 15 is 0 Å². The van der Waals surface area contributed by atoms with Crippen molar-refractivity contribution in [3.05, 3.63) is 65.5 Å². The van der Waals surface area contributed by atoms with Gasteiger partial charge in [0.2, 0.25) is 11.7 Å². The van der Waals surface area contributed by atoms with Crippen molar-refractivity contribution in [3.8, 4) is 17.1 Å². The highest BCUT2D eigenvalue weighted by atomic mass is 16.5. The number of carbonyl (C=O) groups is 2. The summed E-state index contributed by atoms with van der Waals surface area (Å²) in [5.41, 5.74) is 1.68. The maximum absolute atomic E-state index is 13.4. The Morgan fingerprint density at radius 2 is 2.07 bits per heavy atom. The van der Waals surface area contributed by atoms with Crippen LogP contribution in [0.2, 0.25) is 0 Å². The number of aryl methyl sites for hydroxylation is 1. The molecule has 1 spiro atoms. The molecule has 1 aliphatic heterocycles. The van der Waals surface area contributed by atoms with E-state index in [1.54, 1.807) is 13.2 Å². The summed E-state index contributed by atoms with van der Waals surface area (Å²) in [6.45, 7) is -0.0778. The van der Waals surface area contributed by atoms with Gasteiger partial charge in [0, 0.05) is 5.56 Å². The molecule has 3 amide bonds. The van der Waals surface area contributed by atoms with Gasteiger partial charge in [0.05, 0.1) is 7.11 Å². The maximum Gasteiger partial charge on any atom is 0.325 e. The number of amides is 3. The Morgan fingerprint density at radius 1 is 1.20 bits per heavy atom. The summed E-state index contributed by atoms with van der Waals surface area (Å²) in [6, 6.07) is 14.6. The van der Waals surface area contributed by atoms with Crippen molar-refractivity contribution in [1.29, 1.82) is 0 Å². The average molecular weight is 404 g/mol. The van der Waals surface area contributed by atoms with Crippen molar-refractivity contribution in [1.82, 2.24) is 20.4 Å². The number of fused-ring (bicyclic) bond motifs is 2. The fraction of sp³-hybridized carbons (Fsp3) is 0.273. The van der Waals surface area contributed by atoms with Gasteiger partial charge >= 0.3 is 6.03 Å². The lowest BCUT2D eigenvalue weighted by Gasteiger charge is -2.33. The van der Waals surface area contributed by atoms with E-state index in [1.807, 2.05) is 42.5 Å². The second kappa shape index (κ2) is 6.98. The number of imide groups is 1. The van der Waals surface area contributed by atoms with E-state index < -0.39 is 11.6 Å². The number of methoxy groups -OCH3 is 1. The number of nitrogens with zero attached hydrogens (tertiary/aromatic N) is 3. The lowest BCUT2D eigenvalue weighted by atomic mass is 9.76. The first kappa shape index (κ1) is 18.4. The van der Waals surface area contributed by atoms with Gasteiger partial charge in [0.15, 0.2) is 0 Å². The Hall–Kier alpha value is -3.68. The van der Waals surface area contributed by atoms with Gasteiger partial charge < -0.3 is 14.6 Å². The van der Waals surface area contributed by atoms with Crippen molar-refractivity contribution in [2.24, 2.45) is 0 Å². The van der Waals surface area contributed by atoms with Crippen molar-refractivity contribution in [2.75, 3.05) is 7.11 Å². The maximum atomic E-state index is 13.4. The second-order valence-corrected chi connectivity index (χ2v) is 7.48. The Kier molecular flexibility index (Phi) is 4.27. The third kappa shape index (κ3) is 2.83. The fourth-order valence-electron chi connectivity index (χ4n) is 4.29. The molecule has 8 nitrogen and oxygen atoms in total. The molecule has 1 saturated heterocycles. The predicted molar refractivity (Wildman–Crippen MR) is 106 cm³/mol. The van der Waals surface area contributed by atoms with Crippen LogP contribution >= 0.6 is 0 Å². The van der Waals surface area contributed by atoms with Crippen LogP contribution in [0.3, 0.4) is 0 Å². The number of aromatic nitrogens is 2. The summed E-state index contributed by atoms with van der Waals surface area (Å²) in [5.74, 6) is 0.956. The lowest BCUT2D eigenvalue weighted by Crippen LogP contribution is -2.46. The summed E-state index contributed by atoms with van der Waals surface area (Å²) in [4.78, 5) is 31.6. The molecule has 1 aromatic heterocycles. The van der Waals surface area contributed by atoms with E-state index in [0.717, 1.165) is 34.4 Å². The van der Waals surface area contributed by atoms with E-state index in [4.69, 9.17) is 9.26 Å². The lowest BCUT2D eigenvalue weighted by molar-refractivity contribution is -0.132. The van der Waals surface area contributed by atoms with E-state index in [9.17, 15) is 9.59 Å². The number of hydrogen-bond acceptors (Lipinski definition) is 6. The van der Waals surface area contributed by atoms with Gasteiger partial charge in [-0.1, -0.05) is 41.6 Å². The van der Waals surface area contributed by atoms with Crippen LogP contribution in [0, 0.1) is 0 Å². The highest BCUT2D eigenvalue weighted by Crippen LogP contribution is 2.40. The van der Waals surface area contributed by atoms with Crippen LogP contribution in [-0.4, -0.2) is 34.1 Å². The molecule has 0 bridgehead atoms. The zero-order valence-electron chi connectivity index (χ0n) is 16.4. The molecule has 0 unspecified atom stereocenters. The van der Waals surface area contributed by atoms with Gasteiger partial charge in [0.1, 0.15) is 17.8 Å². The highest BCUT2D eigenvalue weighted by molar-refractivity contribution is 6.07. The molecule has 1 fully saturated rings. The first-order chi connectivity index (χ1) is 14.6. The van der Waals surface area contributed by atoms with E-state index in [-0.39, 0.29) is 18.3 Å². The topological polar surface area (TPSA) is 97.6 Å². The molecule has 2 aliphatic rings. The first-order valence-electron chi connectivity index (χ1n) is 9.80. The third-order valence-corrected chi connectivity index (χ3v) is 5.74. The van der Waals surface area contributed by atoms with Crippen molar-refractivity contribution in [3.63, 3.8) is 0 Å². The normalized spacial score (nSPS) is 20.4. The molecule has 8 heteroatoms. The van der Waals surface area contributed by atoms with Gasteiger partial charge in [-0.2, -0.15) is 4.98 Å². The molecule has 2 heterocycles. The molecule has 3 aromatic rings.